The largest absolute Gasteiger partial charge is 0.322 e. The van der Waals surface area contributed by atoms with Gasteiger partial charge in [0.25, 0.3) is 11.6 Å². The van der Waals surface area contributed by atoms with Crippen molar-refractivity contribution in [1.82, 2.24) is 0 Å². The second-order valence-electron chi connectivity index (χ2n) is 8.27. The molecule has 0 radical (unpaired) electrons. The van der Waals surface area contributed by atoms with Crippen molar-refractivity contribution in [2.24, 2.45) is 23.7 Å². The molecule has 5 rings (SSSR count). The van der Waals surface area contributed by atoms with Crippen LogP contribution in [0.5, 0.6) is 0 Å². The number of allylic oxidation sites excluding steroid dienone is 2. The van der Waals surface area contributed by atoms with Crippen molar-refractivity contribution in [1.29, 1.82) is 0 Å². The molecular weight excluding hydrogens is 398 g/mol. The number of carbonyl (C=O) groups is 3. The van der Waals surface area contributed by atoms with Crippen LogP contribution < -0.4 is 10.2 Å². The van der Waals surface area contributed by atoms with E-state index in [2.05, 4.69) is 5.32 Å². The number of aryl methyl sites for hydroxylation is 1. The van der Waals surface area contributed by atoms with Gasteiger partial charge in [-0.15, -0.1) is 0 Å². The maximum absolute atomic E-state index is 12.9. The Morgan fingerprint density at radius 1 is 1.03 bits per heavy atom. The molecule has 1 heterocycles. The molecule has 4 unspecified atom stereocenters. The van der Waals surface area contributed by atoms with Crippen molar-refractivity contribution in [3.8, 4) is 0 Å². The first-order chi connectivity index (χ1) is 14.8. The Labute approximate surface area is 177 Å². The van der Waals surface area contributed by atoms with Gasteiger partial charge in [-0.25, -0.2) is 0 Å². The zero-order valence-corrected chi connectivity index (χ0v) is 16.6. The average Bonchev–Trinajstić information content (AvgIpc) is 3.43. The molecule has 1 N–H and O–H groups in total. The quantitative estimate of drug-likeness (QED) is 0.355. The smallest absolute Gasteiger partial charge is 0.269 e. The van der Waals surface area contributed by atoms with Gasteiger partial charge >= 0.3 is 0 Å². The molecular formula is C23H19N3O5. The molecule has 31 heavy (non-hydrogen) atoms. The number of fused-ring (bicyclic) bond motifs is 5. The normalized spacial score (nSPS) is 25.8. The van der Waals surface area contributed by atoms with Crippen molar-refractivity contribution in [2.45, 2.75) is 13.3 Å². The number of hydrogen-bond acceptors (Lipinski definition) is 5. The molecule has 8 heteroatoms. The van der Waals surface area contributed by atoms with Crippen LogP contribution in [-0.2, 0) is 9.59 Å². The Hall–Kier alpha value is -3.81. The molecule has 8 nitrogen and oxygen atoms in total. The Kier molecular flexibility index (Phi) is 4.25. The second-order valence-corrected chi connectivity index (χ2v) is 8.27. The van der Waals surface area contributed by atoms with Gasteiger partial charge in [0.05, 0.1) is 22.4 Å². The number of amides is 3. The molecule has 1 saturated heterocycles. The van der Waals surface area contributed by atoms with Crippen LogP contribution in [0.2, 0.25) is 0 Å². The number of imide groups is 1. The summed E-state index contributed by atoms with van der Waals surface area (Å²) in [7, 11) is 0. The highest BCUT2D eigenvalue weighted by Crippen LogP contribution is 2.53. The SMILES string of the molecule is Cc1cc([N+](=O)[O-])ccc1NC(=O)c1ccc(N2C(=O)C3C4C=CC(C4)C3C2=O)cc1. The minimum Gasteiger partial charge on any atom is -0.322 e. The van der Waals surface area contributed by atoms with E-state index in [9.17, 15) is 24.5 Å². The molecule has 156 valence electrons. The summed E-state index contributed by atoms with van der Waals surface area (Å²) in [5.74, 6) is -0.957. The van der Waals surface area contributed by atoms with Gasteiger partial charge in [0.1, 0.15) is 0 Å². The number of hydrogen-bond donors (Lipinski definition) is 1. The fourth-order valence-electron chi connectivity index (χ4n) is 5.01. The number of nitrogens with zero attached hydrogens (tertiary/aromatic N) is 2. The van der Waals surface area contributed by atoms with Gasteiger partial charge in [0.2, 0.25) is 11.8 Å². The summed E-state index contributed by atoms with van der Waals surface area (Å²) in [5, 5.41) is 13.6. The van der Waals surface area contributed by atoms with Crippen LogP contribution in [0.1, 0.15) is 22.3 Å². The van der Waals surface area contributed by atoms with E-state index in [1.54, 1.807) is 31.2 Å². The molecule has 0 spiro atoms. The van der Waals surface area contributed by atoms with Gasteiger partial charge in [-0.2, -0.15) is 0 Å². The summed E-state index contributed by atoms with van der Waals surface area (Å²) in [6.07, 6.45) is 4.98. The van der Waals surface area contributed by atoms with Crippen LogP contribution in [-0.4, -0.2) is 22.6 Å². The monoisotopic (exact) mass is 417 g/mol. The number of carbonyl (C=O) groups excluding carboxylic acids is 3. The maximum atomic E-state index is 12.9. The lowest BCUT2D eigenvalue weighted by Crippen LogP contribution is -2.32. The van der Waals surface area contributed by atoms with E-state index in [4.69, 9.17) is 0 Å². The minimum atomic E-state index is -0.492. The van der Waals surface area contributed by atoms with E-state index in [0.29, 0.717) is 22.5 Å². The van der Waals surface area contributed by atoms with Crippen molar-refractivity contribution < 1.29 is 19.3 Å². The third-order valence-electron chi connectivity index (χ3n) is 6.53. The van der Waals surface area contributed by atoms with Gasteiger partial charge in [0.15, 0.2) is 0 Å². The van der Waals surface area contributed by atoms with Crippen LogP contribution in [0.15, 0.2) is 54.6 Å². The first-order valence-corrected chi connectivity index (χ1v) is 10.1. The Bertz CT molecular complexity index is 1140. The first kappa shape index (κ1) is 19.2. The number of rotatable bonds is 4. The lowest BCUT2D eigenvalue weighted by atomic mass is 9.85. The third kappa shape index (κ3) is 2.94. The van der Waals surface area contributed by atoms with Crippen molar-refractivity contribution in [2.75, 3.05) is 10.2 Å². The van der Waals surface area contributed by atoms with Crippen LogP contribution in [0, 0.1) is 40.7 Å². The van der Waals surface area contributed by atoms with Crippen LogP contribution in [0.4, 0.5) is 17.1 Å². The van der Waals surface area contributed by atoms with Crippen LogP contribution in [0.25, 0.3) is 0 Å². The number of nitrogens with one attached hydrogen (secondary N) is 1. The van der Waals surface area contributed by atoms with E-state index >= 15 is 0 Å². The number of non-ortho nitro benzene ring substituents is 1. The van der Waals surface area contributed by atoms with Gasteiger partial charge in [-0.05, 0) is 61.1 Å². The van der Waals surface area contributed by atoms with Crippen LogP contribution >= 0.6 is 0 Å². The Morgan fingerprint density at radius 3 is 2.19 bits per heavy atom. The van der Waals surface area contributed by atoms with E-state index in [1.807, 2.05) is 12.2 Å². The molecule has 0 aromatic heterocycles. The standard InChI is InChI=1S/C23H19N3O5/c1-12-10-17(26(30)31)8-9-18(12)24-21(27)13-4-6-16(7-5-13)25-22(28)19-14-2-3-15(11-14)20(19)23(25)29/h2-10,14-15,19-20H,11H2,1H3,(H,24,27). The molecule has 4 atom stereocenters. The second kappa shape index (κ2) is 6.87. The zero-order chi connectivity index (χ0) is 21.9. The van der Waals surface area contributed by atoms with E-state index in [0.717, 1.165) is 6.42 Å². The molecule has 2 aromatic rings. The van der Waals surface area contributed by atoms with E-state index in [1.165, 1.54) is 23.1 Å². The summed E-state index contributed by atoms with van der Waals surface area (Å²) in [5.41, 5.74) is 1.81. The predicted octanol–water partition coefficient (Wildman–Crippen LogP) is 3.47. The summed E-state index contributed by atoms with van der Waals surface area (Å²) in [6.45, 7) is 1.68. The van der Waals surface area contributed by atoms with Gasteiger partial charge in [-0.3, -0.25) is 29.4 Å². The molecule has 2 aliphatic carbocycles. The number of nitro groups is 1. The fourth-order valence-corrected chi connectivity index (χ4v) is 5.01. The molecule has 1 aliphatic heterocycles. The van der Waals surface area contributed by atoms with Gasteiger partial charge < -0.3 is 5.32 Å². The maximum Gasteiger partial charge on any atom is 0.269 e. The highest BCUT2D eigenvalue weighted by atomic mass is 16.6. The molecule has 1 saturated carbocycles. The topological polar surface area (TPSA) is 110 Å². The predicted molar refractivity (Wildman–Crippen MR) is 112 cm³/mol. The Balaban J connectivity index is 1.33. The van der Waals surface area contributed by atoms with Crippen LogP contribution in [0.3, 0.4) is 0 Å². The van der Waals surface area contributed by atoms with Gasteiger partial charge in [0, 0.05) is 23.4 Å². The first-order valence-electron chi connectivity index (χ1n) is 10.1. The third-order valence-corrected chi connectivity index (χ3v) is 6.53. The lowest BCUT2D eigenvalue weighted by molar-refractivity contribution is -0.384. The molecule has 2 fully saturated rings. The zero-order valence-electron chi connectivity index (χ0n) is 16.6. The molecule has 3 aliphatic rings. The number of nitro benzene ring substituents is 1. The highest BCUT2D eigenvalue weighted by molar-refractivity contribution is 6.23. The number of anilines is 2. The Morgan fingerprint density at radius 2 is 1.65 bits per heavy atom. The van der Waals surface area contributed by atoms with Gasteiger partial charge in [-0.1, -0.05) is 12.2 Å². The summed E-state index contributed by atoms with van der Waals surface area (Å²) in [6, 6.07) is 10.5. The lowest BCUT2D eigenvalue weighted by Gasteiger charge is -2.17. The van der Waals surface area contributed by atoms with E-state index < -0.39 is 4.92 Å². The van der Waals surface area contributed by atoms with E-state index in [-0.39, 0.29) is 47.1 Å². The summed E-state index contributed by atoms with van der Waals surface area (Å²) < 4.78 is 0. The summed E-state index contributed by atoms with van der Waals surface area (Å²) in [4.78, 5) is 50.0. The van der Waals surface area contributed by atoms with Crippen molar-refractivity contribution >= 4 is 34.8 Å². The highest BCUT2D eigenvalue weighted by Gasteiger charge is 2.59. The fraction of sp³-hybridized carbons (Fsp3) is 0.261. The molecule has 2 bridgehead atoms. The average molecular weight is 417 g/mol. The minimum absolute atomic E-state index is 0.0480. The van der Waals surface area contributed by atoms with Crippen molar-refractivity contribution in [3.63, 3.8) is 0 Å². The number of benzene rings is 2. The molecule has 3 amide bonds. The summed E-state index contributed by atoms with van der Waals surface area (Å²) >= 11 is 0. The molecule has 2 aromatic carbocycles. The van der Waals surface area contributed by atoms with Crippen molar-refractivity contribution in [3.05, 3.63) is 75.9 Å².